The number of rotatable bonds is 3. The molecule has 0 aliphatic rings. The van der Waals surface area contributed by atoms with E-state index in [0.29, 0.717) is 5.92 Å². The second-order valence-corrected chi connectivity index (χ2v) is 6.56. The third-order valence-corrected chi connectivity index (χ3v) is 5.18. The Balaban J connectivity index is 1.90. The summed E-state index contributed by atoms with van der Waals surface area (Å²) < 4.78 is 1.36. The Morgan fingerprint density at radius 3 is 1.73 bits per heavy atom. The summed E-state index contributed by atoms with van der Waals surface area (Å²) in [5.41, 5.74) is 2.69. The molecule has 0 N–H and O–H groups in total. The Hall–Kier alpha value is -2.38. The van der Waals surface area contributed by atoms with Gasteiger partial charge in [0.15, 0.2) is 0 Å². The van der Waals surface area contributed by atoms with Gasteiger partial charge < -0.3 is 0 Å². The van der Waals surface area contributed by atoms with Crippen LogP contribution in [-0.2, 0) is 0 Å². The predicted octanol–water partition coefficient (Wildman–Crippen LogP) is 6.08. The van der Waals surface area contributed by atoms with Crippen molar-refractivity contribution in [3.63, 3.8) is 0 Å². The number of thiophene rings is 1. The molecule has 0 nitrogen and oxygen atoms in total. The molecule has 1 aromatic heterocycles. The predicted molar refractivity (Wildman–Crippen MR) is 95.7 cm³/mol. The van der Waals surface area contributed by atoms with Crippen LogP contribution in [0.5, 0.6) is 0 Å². The topological polar surface area (TPSA) is 0 Å². The maximum absolute atomic E-state index is 2.34. The van der Waals surface area contributed by atoms with E-state index in [0.717, 1.165) is 0 Å². The van der Waals surface area contributed by atoms with Crippen molar-refractivity contribution in [2.45, 2.75) is 5.92 Å². The zero-order valence-corrected chi connectivity index (χ0v) is 13.0. The first-order valence-electron chi connectivity index (χ1n) is 7.50. The molecule has 1 heterocycles. The van der Waals surface area contributed by atoms with Crippen LogP contribution in [0.4, 0.5) is 0 Å². The summed E-state index contributed by atoms with van der Waals surface area (Å²) in [4.78, 5) is 1.40. The van der Waals surface area contributed by atoms with Gasteiger partial charge in [0.1, 0.15) is 0 Å². The lowest BCUT2D eigenvalue weighted by atomic mass is 9.90. The molecule has 0 atom stereocenters. The Kier molecular flexibility index (Phi) is 3.49. The van der Waals surface area contributed by atoms with E-state index in [2.05, 4.69) is 91.0 Å². The van der Waals surface area contributed by atoms with Gasteiger partial charge in [-0.15, -0.1) is 11.3 Å². The number of hydrogen-bond acceptors (Lipinski definition) is 1. The first-order valence-corrected chi connectivity index (χ1v) is 8.32. The van der Waals surface area contributed by atoms with E-state index in [1.807, 2.05) is 11.3 Å². The maximum Gasteiger partial charge on any atom is 0.0434 e. The highest BCUT2D eigenvalue weighted by Crippen LogP contribution is 2.38. The Labute approximate surface area is 134 Å². The molecule has 0 saturated carbocycles. The summed E-state index contributed by atoms with van der Waals surface area (Å²) in [5.74, 6) is 0.305. The van der Waals surface area contributed by atoms with Crippen LogP contribution in [0.3, 0.4) is 0 Å². The van der Waals surface area contributed by atoms with Crippen molar-refractivity contribution in [1.82, 2.24) is 0 Å². The first-order chi connectivity index (χ1) is 10.9. The van der Waals surface area contributed by atoms with Gasteiger partial charge in [-0.25, -0.2) is 0 Å². The molecule has 22 heavy (non-hydrogen) atoms. The van der Waals surface area contributed by atoms with Gasteiger partial charge in [-0.1, -0.05) is 78.9 Å². The van der Waals surface area contributed by atoms with Crippen LogP contribution in [-0.4, -0.2) is 0 Å². The fraction of sp³-hybridized carbons (Fsp3) is 0.0476. The largest absolute Gasteiger partial charge is 0.139 e. The van der Waals surface area contributed by atoms with Gasteiger partial charge in [0.25, 0.3) is 0 Å². The standard InChI is InChI=1S/C21H16S/c1-3-9-16(10-4-1)21(17-11-5-2-6-12-17)20-15-18-13-7-8-14-19(18)22-20/h1-15,21H. The smallest absolute Gasteiger partial charge is 0.0434 e. The molecule has 0 amide bonds. The molecule has 0 aliphatic carbocycles. The summed E-state index contributed by atoms with van der Waals surface area (Å²) >= 11 is 1.90. The summed E-state index contributed by atoms with van der Waals surface area (Å²) in [7, 11) is 0. The second kappa shape index (κ2) is 5.78. The quantitative estimate of drug-likeness (QED) is 0.430. The van der Waals surface area contributed by atoms with Crippen molar-refractivity contribution < 1.29 is 0 Å². The van der Waals surface area contributed by atoms with E-state index in [9.17, 15) is 0 Å². The Morgan fingerprint density at radius 1 is 0.591 bits per heavy atom. The molecule has 4 aromatic rings. The fourth-order valence-electron chi connectivity index (χ4n) is 2.96. The van der Waals surface area contributed by atoms with Gasteiger partial charge in [0.05, 0.1) is 0 Å². The summed E-state index contributed by atoms with van der Waals surface area (Å²) in [6.07, 6.45) is 0. The van der Waals surface area contributed by atoms with Crippen LogP contribution in [0.15, 0.2) is 91.0 Å². The van der Waals surface area contributed by atoms with Crippen molar-refractivity contribution in [2.24, 2.45) is 0 Å². The van der Waals surface area contributed by atoms with Gasteiger partial charge in [0.2, 0.25) is 0 Å². The average Bonchev–Trinajstić information content (AvgIpc) is 3.00. The minimum Gasteiger partial charge on any atom is -0.139 e. The van der Waals surface area contributed by atoms with Crippen molar-refractivity contribution in [2.75, 3.05) is 0 Å². The fourth-order valence-corrected chi connectivity index (χ4v) is 4.18. The molecule has 0 bridgehead atoms. The third-order valence-electron chi connectivity index (χ3n) is 3.99. The SMILES string of the molecule is c1ccc(C(c2ccccc2)c2cc3ccccc3s2)cc1. The van der Waals surface area contributed by atoms with Crippen LogP contribution in [0.1, 0.15) is 21.9 Å². The molecule has 3 aromatic carbocycles. The minimum absolute atomic E-state index is 0.305. The highest BCUT2D eigenvalue weighted by atomic mass is 32.1. The first kappa shape index (κ1) is 13.3. The van der Waals surface area contributed by atoms with Crippen LogP contribution in [0, 0.1) is 0 Å². The normalized spacial score (nSPS) is 11.1. The van der Waals surface area contributed by atoms with Gasteiger partial charge in [-0.3, -0.25) is 0 Å². The number of benzene rings is 3. The summed E-state index contributed by atoms with van der Waals surface area (Å²) in [6, 6.07) is 32.5. The summed E-state index contributed by atoms with van der Waals surface area (Å²) in [6.45, 7) is 0. The molecule has 106 valence electrons. The Morgan fingerprint density at radius 2 is 1.14 bits per heavy atom. The molecule has 4 rings (SSSR count). The van der Waals surface area contributed by atoms with E-state index < -0.39 is 0 Å². The highest BCUT2D eigenvalue weighted by Gasteiger charge is 2.18. The van der Waals surface area contributed by atoms with Gasteiger partial charge in [-0.05, 0) is 28.6 Å². The maximum atomic E-state index is 2.34. The van der Waals surface area contributed by atoms with Crippen molar-refractivity contribution in [3.8, 4) is 0 Å². The molecule has 1 heteroatoms. The Bertz CT molecular complexity index is 803. The van der Waals surface area contributed by atoms with E-state index in [1.165, 1.54) is 26.1 Å². The van der Waals surface area contributed by atoms with Crippen molar-refractivity contribution in [1.29, 1.82) is 0 Å². The second-order valence-electron chi connectivity index (χ2n) is 5.44. The van der Waals surface area contributed by atoms with Crippen LogP contribution < -0.4 is 0 Å². The molecule has 0 fully saturated rings. The lowest BCUT2D eigenvalue weighted by Crippen LogP contribution is -2.00. The third kappa shape index (κ3) is 2.44. The molecule has 0 saturated heterocycles. The average molecular weight is 300 g/mol. The van der Waals surface area contributed by atoms with E-state index in [-0.39, 0.29) is 0 Å². The van der Waals surface area contributed by atoms with E-state index in [4.69, 9.17) is 0 Å². The molecule has 0 aliphatic heterocycles. The molecular weight excluding hydrogens is 284 g/mol. The summed E-state index contributed by atoms with van der Waals surface area (Å²) in [5, 5.41) is 1.33. The molecular formula is C21H16S. The lowest BCUT2D eigenvalue weighted by Gasteiger charge is -2.16. The van der Waals surface area contributed by atoms with Crippen molar-refractivity contribution >= 4 is 21.4 Å². The molecule has 0 unspecified atom stereocenters. The lowest BCUT2D eigenvalue weighted by molar-refractivity contribution is 1.01. The van der Waals surface area contributed by atoms with E-state index in [1.54, 1.807) is 0 Å². The van der Waals surface area contributed by atoms with Gasteiger partial charge >= 0.3 is 0 Å². The van der Waals surface area contributed by atoms with Crippen LogP contribution in [0.2, 0.25) is 0 Å². The molecule has 0 radical (unpaired) electrons. The zero-order valence-electron chi connectivity index (χ0n) is 12.1. The van der Waals surface area contributed by atoms with Crippen LogP contribution in [0.25, 0.3) is 10.1 Å². The molecule has 0 spiro atoms. The minimum atomic E-state index is 0.305. The van der Waals surface area contributed by atoms with Gasteiger partial charge in [0, 0.05) is 15.5 Å². The monoisotopic (exact) mass is 300 g/mol. The zero-order chi connectivity index (χ0) is 14.8. The van der Waals surface area contributed by atoms with Gasteiger partial charge in [-0.2, -0.15) is 0 Å². The highest BCUT2D eigenvalue weighted by molar-refractivity contribution is 7.19. The number of hydrogen-bond donors (Lipinski definition) is 0. The number of fused-ring (bicyclic) bond motifs is 1. The van der Waals surface area contributed by atoms with Crippen molar-refractivity contribution in [3.05, 3.63) is 107 Å². The van der Waals surface area contributed by atoms with Crippen LogP contribution >= 0.6 is 11.3 Å². The van der Waals surface area contributed by atoms with E-state index >= 15 is 0 Å².